The average molecular weight is 392 g/mol. The molecule has 148 valence electrons. The summed E-state index contributed by atoms with van der Waals surface area (Å²) in [6.45, 7) is 2.49. The van der Waals surface area contributed by atoms with E-state index in [2.05, 4.69) is 10.3 Å². The van der Waals surface area contributed by atoms with Crippen LogP contribution < -0.4 is 5.32 Å². The van der Waals surface area contributed by atoms with Gasteiger partial charge in [-0.2, -0.15) is 5.26 Å². The number of carboxylic acid groups (broad SMARTS) is 1. The van der Waals surface area contributed by atoms with E-state index >= 15 is 0 Å². The zero-order valence-electron chi connectivity index (χ0n) is 15.9. The van der Waals surface area contributed by atoms with Crippen LogP contribution in [0.2, 0.25) is 0 Å². The summed E-state index contributed by atoms with van der Waals surface area (Å²) in [5.74, 6) is -1.77. The molecular weight excluding hydrogens is 372 g/mol. The highest BCUT2D eigenvalue weighted by atomic mass is 16.4. The fraction of sp³-hybridized carbons (Fsp3) is 0.286. The molecule has 1 aliphatic heterocycles. The van der Waals surface area contributed by atoms with Gasteiger partial charge in [0.15, 0.2) is 0 Å². The zero-order chi connectivity index (χ0) is 21.0. The normalized spacial score (nSPS) is 14.1. The molecule has 0 radical (unpaired) electrons. The molecule has 1 aromatic carbocycles. The van der Waals surface area contributed by atoms with Gasteiger partial charge in [0, 0.05) is 24.3 Å². The number of nitrogens with one attached hydrogen (secondary N) is 1. The van der Waals surface area contributed by atoms with E-state index < -0.39 is 17.8 Å². The van der Waals surface area contributed by atoms with Crippen LogP contribution in [0.1, 0.15) is 44.9 Å². The van der Waals surface area contributed by atoms with Crippen molar-refractivity contribution in [2.24, 2.45) is 5.92 Å². The first-order valence-corrected chi connectivity index (χ1v) is 9.20. The molecule has 29 heavy (non-hydrogen) atoms. The first kappa shape index (κ1) is 20.0. The van der Waals surface area contributed by atoms with E-state index in [1.165, 1.54) is 6.07 Å². The maximum atomic E-state index is 12.6. The second kappa shape index (κ2) is 8.52. The van der Waals surface area contributed by atoms with E-state index in [1.807, 2.05) is 6.07 Å². The third kappa shape index (κ3) is 4.58. The number of hydrogen-bond donors (Lipinski definition) is 2. The number of rotatable bonds is 4. The molecule has 8 nitrogen and oxygen atoms in total. The number of aryl methyl sites for hydroxylation is 1. The minimum Gasteiger partial charge on any atom is -0.481 e. The lowest BCUT2D eigenvalue weighted by Crippen LogP contribution is -2.40. The Balaban J connectivity index is 1.62. The average Bonchev–Trinajstić information content (AvgIpc) is 2.73. The van der Waals surface area contributed by atoms with E-state index in [4.69, 9.17) is 10.4 Å². The van der Waals surface area contributed by atoms with Crippen LogP contribution in [0.25, 0.3) is 0 Å². The third-order valence-electron chi connectivity index (χ3n) is 4.96. The van der Waals surface area contributed by atoms with Crippen molar-refractivity contribution >= 4 is 23.5 Å². The molecule has 1 aromatic heterocycles. The highest BCUT2D eigenvalue weighted by Crippen LogP contribution is 2.20. The van der Waals surface area contributed by atoms with Gasteiger partial charge < -0.3 is 15.3 Å². The molecule has 1 aliphatic rings. The standard InChI is InChI=1S/C21H20N4O4/c1-13-16(12-22)4-7-18(23-13)19(26)24-17-5-2-14(3-6-17)20(27)25-10-8-15(9-11-25)21(28)29/h2-7,15H,8-11H2,1H3,(H,24,26)(H,28,29). The van der Waals surface area contributed by atoms with Gasteiger partial charge in [-0.25, -0.2) is 4.98 Å². The minimum atomic E-state index is -0.816. The summed E-state index contributed by atoms with van der Waals surface area (Å²) in [7, 11) is 0. The number of aliphatic carboxylic acids is 1. The number of anilines is 1. The summed E-state index contributed by atoms with van der Waals surface area (Å²) in [6, 6.07) is 11.5. The van der Waals surface area contributed by atoms with E-state index in [0.717, 1.165) is 0 Å². The largest absolute Gasteiger partial charge is 0.481 e. The van der Waals surface area contributed by atoms with E-state index in [1.54, 1.807) is 42.2 Å². The van der Waals surface area contributed by atoms with Crippen LogP contribution in [0, 0.1) is 24.2 Å². The fourth-order valence-corrected chi connectivity index (χ4v) is 3.21. The summed E-state index contributed by atoms with van der Waals surface area (Å²) >= 11 is 0. The number of carbonyl (C=O) groups is 3. The molecular formula is C21H20N4O4. The van der Waals surface area contributed by atoms with Crippen molar-refractivity contribution in [3.63, 3.8) is 0 Å². The number of nitrogens with zero attached hydrogens (tertiary/aromatic N) is 3. The molecule has 0 aliphatic carbocycles. The van der Waals surface area contributed by atoms with Crippen LogP contribution in [0.3, 0.4) is 0 Å². The Labute approximate surface area is 167 Å². The first-order valence-electron chi connectivity index (χ1n) is 9.20. The van der Waals surface area contributed by atoms with Crippen LogP contribution in [-0.2, 0) is 4.79 Å². The van der Waals surface area contributed by atoms with Crippen LogP contribution in [0.5, 0.6) is 0 Å². The van der Waals surface area contributed by atoms with E-state index in [0.29, 0.717) is 48.4 Å². The molecule has 1 fully saturated rings. The minimum absolute atomic E-state index is 0.156. The number of carboxylic acids is 1. The second-order valence-electron chi connectivity index (χ2n) is 6.88. The predicted molar refractivity (Wildman–Crippen MR) is 104 cm³/mol. The fourth-order valence-electron chi connectivity index (χ4n) is 3.21. The number of likely N-dealkylation sites (tertiary alicyclic amines) is 1. The molecule has 8 heteroatoms. The van der Waals surface area contributed by atoms with Gasteiger partial charge in [0.25, 0.3) is 11.8 Å². The molecule has 0 spiro atoms. The van der Waals surface area contributed by atoms with Gasteiger partial charge in [-0.3, -0.25) is 14.4 Å². The van der Waals surface area contributed by atoms with E-state index in [-0.39, 0.29) is 11.6 Å². The predicted octanol–water partition coefficient (Wildman–Crippen LogP) is 2.45. The lowest BCUT2D eigenvalue weighted by molar-refractivity contribution is -0.143. The molecule has 1 saturated heterocycles. The van der Waals surface area contributed by atoms with Gasteiger partial charge >= 0.3 is 5.97 Å². The van der Waals surface area contributed by atoms with Gasteiger partial charge in [0.2, 0.25) is 0 Å². The van der Waals surface area contributed by atoms with Gasteiger partial charge in [0.05, 0.1) is 17.2 Å². The van der Waals surface area contributed by atoms with Crippen molar-refractivity contribution < 1.29 is 19.5 Å². The highest BCUT2D eigenvalue weighted by Gasteiger charge is 2.27. The van der Waals surface area contributed by atoms with Crippen molar-refractivity contribution in [2.45, 2.75) is 19.8 Å². The maximum absolute atomic E-state index is 12.6. The van der Waals surface area contributed by atoms with Crippen molar-refractivity contribution in [1.82, 2.24) is 9.88 Å². The molecule has 2 aromatic rings. The number of piperidine rings is 1. The van der Waals surface area contributed by atoms with Gasteiger partial charge in [-0.15, -0.1) is 0 Å². The molecule has 0 atom stereocenters. The van der Waals surface area contributed by atoms with Crippen LogP contribution in [0.4, 0.5) is 5.69 Å². The molecule has 2 heterocycles. The molecule has 2 N–H and O–H groups in total. The van der Waals surface area contributed by atoms with E-state index in [9.17, 15) is 14.4 Å². The van der Waals surface area contributed by atoms with Gasteiger partial charge in [0.1, 0.15) is 11.8 Å². The Morgan fingerprint density at radius 1 is 1.14 bits per heavy atom. The smallest absolute Gasteiger partial charge is 0.306 e. The lowest BCUT2D eigenvalue weighted by Gasteiger charge is -2.30. The van der Waals surface area contributed by atoms with Crippen LogP contribution in [-0.4, -0.2) is 45.9 Å². The molecule has 2 amide bonds. The highest BCUT2D eigenvalue weighted by molar-refractivity contribution is 6.03. The Morgan fingerprint density at radius 3 is 2.34 bits per heavy atom. The molecule has 0 unspecified atom stereocenters. The topological polar surface area (TPSA) is 123 Å². The lowest BCUT2D eigenvalue weighted by atomic mass is 9.96. The first-order chi connectivity index (χ1) is 13.9. The zero-order valence-corrected chi connectivity index (χ0v) is 15.9. The Kier molecular flexibility index (Phi) is 5.88. The molecule has 3 rings (SSSR count). The van der Waals surface area contributed by atoms with Crippen LogP contribution >= 0.6 is 0 Å². The van der Waals surface area contributed by atoms with Crippen LogP contribution in [0.15, 0.2) is 36.4 Å². The van der Waals surface area contributed by atoms with Crippen molar-refractivity contribution in [3.05, 3.63) is 58.9 Å². The number of pyridine rings is 1. The Morgan fingerprint density at radius 2 is 1.79 bits per heavy atom. The Hall–Kier alpha value is -3.73. The number of aromatic nitrogens is 1. The Bertz CT molecular complexity index is 987. The summed E-state index contributed by atoms with van der Waals surface area (Å²) in [4.78, 5) is 41.7. The second-order valence-corrected chi connectivity index (χ2v) is 6.88. The van der Waals surface area contributed by atoms with Gasteiger partial charge in [-0.1, -0.05) is 0 Å². The number of carbonyl (C=O) groups excluding carboxylic acids is 2. The number of nitriles is 1. The maximum Gasteiger partial charge on any atom is 0.306 e. The molecule has 0 bridgehead atoms. The monoisotopic (exact) mass is 392 g/mol. The summed E-state index contributed by atoms with van der Waals surface area (Å²) < 4.78 is 0. The summed E-state index contributed by atoms with van der Waals surface area (Å²) in [5, 5.41) is 20.7. The number of hydrogen-bond acceptors (Lipinski definition) is 5. The quantitative estimate of drug-likeness (QED) is 0.824. The number of benzene rings is 1. The summed E-state index contributed by atoms with van der Waals surface area (Å²) in [6.07, 6.45) is 0.901. The van der Waals surface area contributed by atoms with Crippen molar-refractivity contribution in [3.8, 4) is 6.07 Å². The van der Waals surface area contributed by atoms with Crippen molar-refractivity contribution in [1.29, 1.82) is 5.26 Å². The van der Waals surface area contributed by atoms with Gasteiger partial charge in [-0.05, 0) is 56.2 Å². The van der Waals surface area contributed by atoms with Crippen molar-refractivity contribution in [2.75, 3.05) is 18.4 Å². The SMILES string of the molecule is Cc1nc(C(=O)Nc2ccc(C(=O)N3CCC(C(=O)O)CC3)cc2)ccc1C#N. The number of amides is 2. The third-order valence-corrected chi connectivity index (χ3v) is 4.96. The summed E-state index contributed by atoms with van der Waals surface area (Å²) in [5.41, 5.74) is 2.08. The molecule has 0 saturated carbocycles.